The second-order valence-corrected chi connectivity index (χ2v) is 8.77. The highest BCUT2D eigenvalue weighted by Crippen LogP contribution is 2.28. The first-order valence-corrected chi connectivity index (χ1v) is 11.7. The number of hydrogen-bond acceptors (Lipinski definition) is 8. The van der Waals surface area contributed by atoms with Crippen LogP contribution in [0.15, 0.2) is 55.6 Å². The number of hydrogen-bond donors (Lipinski definition) is 1. The lowest BCUT2D eigenvalue weighted by Gasteiger charge is -2.06. The van der Waals surface area contributed by atoms with Gasteiger partial charge in [0.05, 0.1) is 17.0 Å². The molecular weight excluding hydrogens is 555 g/mol. The number of nitrogens with one attached hydrogen (secondary N) is 1. The van der Waals surface area contributed by atoms with Gasteiger partial charge in [-0.1, -0.05) is 56.8 Å². The molecule has 12 heteroatoms. The highest BCUT2D eigenvalue weighted by atomic mass is 79.9. The molecule has 3 rings (SSSR count). The Morgan fingerprint density at radius 1 is 1.24 bits per heavy atom. The fourth-order valence-electron chi connectivity index (χ4n) is 2.29. The minimum absolute atomic E-state index is 0.0157. The van der Waals surface area contributed by atoms with Gasteiger partial charge < -0.3 is 13.9 Å². The molecule has 0 aliphatic heterocycles. The molecule has 2 aromatic carbocycles. The number of halogens is 3. The van der Waals surface area contributed by atoms with Gasteiger partial charge in [0.2, 0.25) is 0 Å². The van der Waals surface area contributed by atoms with Crippen molar-refractivity contribution in [3.63, 3.8) is 0 Å². The third kappa shape index (κ3) is 7.98. The van der Waals surface area contributed by atoms with Gasteiger partial charge in [-0.05, 0) is 36.4 Å². The number of benzene rings is 2. The van der Waals surface area contributed by atoms with Gasteiger partial charge >= 0.3 is 0 Å². The van der Waals surface area contributed by atoms with E-state index in [1.165, 1.54) is 6.21 Å². The van der Waals surface area contributed by atoms with E-state index in [1.807, 2.05) is 6.07 Å². The Kier molecular flexibility index (Phi) is 9.45. The van der Waals surface area contributed by atoms with E-state index in [1.54, 1.807) is 30.3 Å². The fraction of sp³-hybridized carbons (Fsp3) is 0.143. The van der Waals surface area contributed by atoms with Gasteiger partial charge in [0.25, 0.3) is 17.0 Å². The van der Waals surface area contributed by atoms with Crippen LogP contribution < -0.4 is 14.9 Å². The normalized spacial score (nSPS) is 10.7. The van der Waals surface area contributed by atoms with Crippen LogP contribution >= 0.6 is 50.9 Å². The van der Waals surface area contributed by atoms with E-state index in [-0.39, 0.29) is 36.0 Å². The van der Waals surface area contributed by atoms with E-state index < -0.39 is 0 Å². The lowest BCUT2D eigenvalue weighted by Crippen LogP contribution is -2.19. The van der Waals surface area contributed by atoms with Crippen molar-refractivity contribution in [2.75, 3.05) is 12.4 Å². The summed E-state index contributed by atoms with van der Waals surface area (Å²) in [6.45, 7) is 0.136. The Bertz CT molecular complexity index is 1200. The first-order chi connectivity index (χ1) is 15.9. The number of aromatic nitrogens is 2. The van der Waals surface area contributed by atoms with Crippen molar-refractivity contribution in [1.82, 2.24) is 15.6 Å². The summed E-state index contributed by atoms with van der Waals surface area (Å²) in [5, 5.41) is 12.8. The molecule has 0 aliphatic rings. The molecule has 0 radical (unpaired) electrons. The Morgan fingerprint density at radius 2 is 2.06 bits per heavy atom. The van der Waals surface area contributed by atoms with E-state index in [0.29, 0.717) is 27.1 Å². The molecule has 1 amide bonds. The van der Waals surface area contributed by atoms with E-state index in [2.05, 4.69) is 42.6 Å². The van der Waals surface area contributed by atoms with Gasteiger partial charge in [0.1, 0.15) is 18.1 Å². The van der Waals surface area contributed by atoms with Crippen molar-refractivity contribution in [2.45, 2.75) is 11.8 Å². The zero-order valence-corrected chi connectivity index (χ0v) is 20.7. The van der Waals surface area contributed by atoms with Crippen LogP contribution in [0.2, 0.25) is 10.0 Å². The van der Waals surface area contributed by atoms with Crippen LogP contribution in [0, 0.1) is 12.3 Å². The summed E-state index contributed by atoms with van der Waals surface area (Å²) in [6.07, 6.45) is 6.68. The minimum Gasteiger partial charge on any atom is -0.482 e. The lowest BCUT2D eigenvalue weighted by molar-refractivity contribution is -0.118. The number of nitrogens with zero attached hydrogens (tertiary/aromatic N) is 3. The van der Waals surface area contributed by atoms with Gasteiger partial charge in [-0.25, -0.2) is 5.43 Å². The predicted octanol–water partition coefficient (Wildman–Crippen LogP) is 4.97. The van der Waals surface area contributed by atoms with Crippen molar-refractivity contribution >= 4 is 63.0 Å². The maximum absolute atomic E-state index is 12.1. The highest BCUT2D eigenvalue weighted by Gasteiger charge is 2.11. The quantitative estimate of drug-likeness (QED) is 0.159. The Hall–Kier alpha value is -2.71. The monoisotopic (exact) mass is 568 g/mol. The fourth-order valence-corrected chi connectivity index (χ4v) is 3.71. The Labute approximate surface area is 212 Å². The summed E-state index contributed by atoms with van der Waals surface area (Å²) in [5.41, 5.74) is 3.07. The third-order valence-corrected chi connectivity index (χ3v) is 5.54. The SMILES string of the molecule is C#CCOc1ccc(Br)cc1/C=N\NC(=O)CSc1nnc(COc2ccc(Cl)cc2Cl)o1. The summed E-state index contributed by atoms with van der Waals surface area (Å²) in [4.78, 5) is 12.1. The second-order valence-electron chi connectivity index (χ2n) is 6.08. The zero-order valence-electron chi connectivity index (χ0n) is 16.8. The number of terminal acetylenes is 1. The number of carbonyl (C=O) groups is 1. The second kappa shape index (κ2) is 12.5. The molecule has 0 fully saturated rings. The summed E-state index contributed by atoms with van der Waals surface area (Å²) in [7, 11) is 0. The van der Waals surface area contributed by atoms with E-state index in [9.17, 15) is 4.79 Å². The molecule has 8 nitrogen and oxygen atoms in total. The average Bonchev–Trinajstić information content (AvgIpc) is 3.24. The molecule has 0 unspecified atom stereocenters. The first-order valence-electron chi connectivity index (χ1n) is 9.15. The van der Waals surface area contributed by atoms with Gasteiger partial charge in [0, 0.05) is 15.1 Å². The smallest absolute Gasteiger partial charge is 0.277 e. The van der Waals surface area contributed by atoms with Crippen LogP contribution in [0.4, 0.5) is 0 Å². The number of hydrazone groups is 1. The molecular formula is C21H15BrCl2N4O4S. The zero-order chi connectivity index (χ0) is 23.6. The van der Waals surface area contributed by atoms with Crippen molar-refractivity contribution in [2.24, 2.45) is 5.10 Å². The number of ether oxygens (including phenoxy) is 2. The lowest BCUT2D eigenvalue weighted by atomic mass is 10.2. The topological polar surface area (TPSA) is 98.8 Å². The summed E-state index contributed by atoms with van der Waals surface area (Å²) < 4.78 is 17.3. The molecule has 0 bridgehead atoms. The summed E-state index contributed by atoms with van der Waals surface area (Å²) in [5.74, 6) is 3.27. The maximum atomic E-state index is 12.1. The van der Waals surface area contributed by atoms with Gasteiger partial charge in [-0.2, -0.15) is 5.10 Å². The van der Waals surface area contributed by atoms with Crippen molar-refractivity contribution in [3.05, 3.63) is 62.4 Å². The molecule has 0 atom stereocenters. The van der Waals surface area contributed by atoms with Crippen LogP contribution in [-0.2, 0) is 11.4 Å². The number of amides is 1. The molecule has 0 saturated carbocycles. The van der Waals surface area contributed by atoms with Crippen LogP contribution in [0.25, 0.3) is 0 Å². The maximum Gasteiger partial charge on any atom is 0.277 e. The van der Waals surface area contributed by atoms with Crippen LogP contribution in [-0.4, -0.2) is 34.7 Å². The molecule has 0 saturated heterocycles. The molecule has 0 aliphatic carbocycles. The standard InChI is InChI=1S/C21H15BrCl2N4O4S/c1-2-7-30-17-5-3-14(22)8-13(17)10-25-26-19(29)12-33-21-28-27-20(32-21)11-31-18-6-4-15(23)9-16(18)24/h1,3-6,8-10H,7,11-12H2,(H,26,29)/b25-10-. The van der Waals surface area contributed by atoms with Gasteiger partial charge in [0.15, 0.2) is 6.61 Å². The summed E-state index contributed by atoms with van der Waals surface area (Å²) in [6, 6.07) is 10.2. The largest absolute Gasteiger partial charge is 0.482 e. The Morgan fingerprint density at radius 3 is 2.85 bits per heavy atom. The molecule has 33 heavy (non-hydrogen) atoms. The van der Waals surface area contributed by atoms with E-state index in [4.69, 9.17) is 43.5 Å². The highest BCUT2D eigenvalue weighted by molar-refractivity contribution is 9.10. The van der Waals surface area contributed by atoms with Crippen molar-refractivity contribution in [3.8, 4) is 23.8 Å². The predicted molar refractivity (Wildman–Crippen MR) is 130 cm³/mol. The summed E-state index contributed by atoms with van der Waals surface area (Å²) >= 11 is 16.3. The van der Waals surface area contributed by atoms with Crippen LogP contribution in [0.5, 0.6) is 11.5 Å². The number of rotatable bonds is 10. The van der Waals surface area contributed by atoms with Crippen molar-refractivity contribution < 1.29 is 18.7 Å². The molecule has 1 N–H and O–H groups in total. The molecule has 1 aromatic heterocycles. The van der Waals surface area contributed by atoms with E-state index in [0.717, 1.165) is 16.2 Å². The Balaban J connectivity index is 1.46. The number of carbonyl (C=O) groups excluding carboxylic acids is 1. The first kappa shape index (κ1) is 24.9. The molecule has 3 aromatic rings. The average molecular weight is 570 g/mol. The number of thioether (sulfide) groups is 1. The third-order valence-electron chi connectivity index (χ3n) is 3.70. The van der Waals surface area contributed by atoms with Crippen LogP contribution in [0.1, 0.15) is 11.5 Å². The van der Waals surface area contributed by atoms with Crippen molar-refractivity contribution in [1.29, 1.82) is 0 Å². The molecule has 1 heterocycles. The molecule has 170 valence electrons. The van der Waals surface area contributed by atoms with Crippen LogP contribution in [0.3, 0.4) is 0 Å². The van der Waals surface area contributed by atoms with Gasteiger partial charge in [-0.3, -0.25) is 4.79 Å². The minimum atomic E-state index is -0.360. The molecule has 0 spiro atoms. The van der Waals surface area contributed by atoms with Gasteiger partial charge in [-0.15, -0.1) is 16.6 Å². The van der Waals surface area contributed by atoms with E-state index >= 15 is 0 Å².